The van der Waals surface area contributed by atoms with Crippen LogP contribution in [0.5, 0.6) is 0 Å². The van der Waals surface area contributed by atoms with Gasteiger partial charge < -0.3 is 4.90 Å². The topological polar surface area (TPSA) is 79.4 Å². The Morgan fingerprint density at radius 1 is 1.00 bits per heavy atom. The van der Waals surface area contributed by atoms with E-state index in [1.165, 1.54) is 18.2 Å². The van der Waals surface area contributed by atoms with Crippen molar-refractivity contribution in [3.05, 3.63) is 125 Å². The Morgan fingerprint density at radius 3 is 2.56 bits per heavy atom. The lowest BCUT2D eigenvalue weighted by molar-refractivity contribution is -0.120. The van der Waals surface area contributed by atoms with E-state index < -0.39 is 21.9 Å². The molecule has 0 saturated heterocycles. The summed E-state index contributed by atoms with van der Waals surface area (Å²) >= 11 is 0. The zero-order valence-electron chi connectivity index (χ0n) is 22.8. The standard InChI is InChI=1S/C33H32FN3O3S/c1-22-9-7-13-25(35-22)21-37(33(38)29-20-27(29)23-10-3-2-4-11-23)26-18-17-24-12-8-15-31(28(24)19-26)36-41(39,40)32-16-6-5-14-30(32)34/h2-7,9-11,13-14,16-19,27,29,31,36H,8,12,15,20-21H2,1H3/t27-,29-,31+/m0/s1. The Kier molecular flexibility index (Phi) is 7.45. The first kappa shape index (κ1) is 27.3. The lowest BCUT2D eigenvalue weighted by atomic mass is 9.87. The normalized spacial score (nSPS) is 19.8. The molecule has 0 bridgehead atoms. The van der Waals surface area contributed by atoms with Gasteiger partial charge in [0.1, 0.15) is 10.7 Å². The molecule has 1 aromatic heterocycles. The summed E-state index contributed by atoms with van der Waals surface area (Å²) < 4.78 is 43.5. The third-order valence-electron chi connectivity index (χ3n) is 8.05. The van der Waals surface area contributed by atoms with Crippen LogP contribution in [0.15, 0.2) is 95.9 Å². The molecular weight excluding hydrogens is 537 g/mol. The van der Waals surface area contributed by atoms with Gasteiger partial charge in [0.2, 0.25) is 15.9 Å². The van der Waals surface area contributed by atoms with Gasteiger partial charge in [-0.05, 0) is 91.6 Å². The van der Waals surface area contributed by atoms with E-state index in [9.17, 15) is 17.6 Å². The zero-order chi connectivity index (χ0) is 28.6. The predicted octanol–water partition coefficient (Wildman–Crippen LogP) is 6.22. The number of nitrogens with one attached hydrogen (secondary N) is 1. The number of anilines is 1. The van der Waals surface area contributed by atoms with Crippen LogP contribution < -0.4 is 9.62 Å². The van der Waals surface area contributed by atoms with Gasteiger partial charge in [-0.2, -0.15) is 0 Å². The molecule has 0 spiro atoms. The number of rotatable bonds is 8. The van der Waals surface area contributed by atoms with Gasteiger partial charge in [0.15, 0.2) is 0 Å². The first-order valence-electron chi connectivity index (χ1n) is 14.0. The molecule has 6 nitrogen and oxygen atoms in total. The monoisotopic (exact) mass is 569 g/mol. The minimum atomic E-state index is -4.09. The highest BCUT2D eigenvalue weighted by Gasteiger charge is 2.46. The van der Waals surface area contributed by atoms with Crippen molar-refractivity contribution in [1.82, 2.24) is 9.71 Å². The highest BCUT2D eigenvalue weighted by Crippen LogP contribution is 2.49. The largest absolute Gasteiger partial charge is 0.306 e. The molecule has 0 radical (unpaired) electrons. The van der Waals surface area contributed by atoms with Crippen molar-refractivity contribution in [2.24, 2.45) is 5.92 Å². The first-order valence-corrected chi connectivity index (χ1v) is 15.5. The number of halogens is 1. The summed E-state index contributed by atoms with van der Waals surface area (Å²) in [6.07, 6.45) is 2.97. The quantitative estimate of drug-likeness (QED) is 0.273. The second kappa shape index (κ2) is 11.2. The molecule has 4 aromatic rings. The van der Waals surface area contributed by atoms with Crippen LogP contribution in [0.4, 0.5) is 10.1 Å². The molecule has 1 amide bonds. The van der Waals surface area contributed by atoms with Gasteiger partial charge in [0, 0.05) is 23.3 Å². The van der Waals surface area contributed by atoms with Crippen LogP contribution in [0.3, 0.4) is 0 Å². The van der Waals surface area contributed by atoms with Crippen LogP contribution in [0.1, 0.15) is 59.3 Å². The molecule has 8 heteroatoms. The van der Waals surface area contributed by atoms with Gasteiger partial charge >= 0.3 is 0 Å². The number of amides is 1. The molecule has 1 heterocycles. The van der Waals surface area contributed by atoms with Crippen molar-refractivity contribution in [3.63, 3.8) is 0 Å². The van der Waals surface area contributed by atoms with E-state index >= 15 is 0 Å². The molecule has 2 aliphatic rings. The number of carbonyl (C=O) groups is 1. The van der Waals surface area contributed by atoms with E-state index in [1.807, 2.05) is 61.5 Å². The van der Waals surface area contributed by atoms with Crippen molar-refractivity contribution < 1.29 is 17.6 Å². The molecule has 3 atom stereocenters. The van der Waals surface area contributed by atoms with Gasteiger partial charge in [0.25, 0.3) is 0 Å². The summed E-state index contributed by atoms with van der Waals surface area (Å²) in [6.45, 7) is 2.23. The lowest BCUT2D eigenvalue weighted by Crippen LogP contribution is -2.34. The number of hydrogen-bond donors (Lipinski definition) is 1. The Hall–Kier alpha value is -3.88. The predicted molar refractivity (Wildman–Crippen MR) is 156 cm³/mol. The molecule has 0 unspecified atom stereocenters. The lowest BCUT2D eigenvalue weighted by Gasteiger charge is -2.29. The highest BCUT2D eigenvalue weighted by molar-refractivity contribution is 7.89. The fourth-order valence-corrected chi connectivity index (χ4v) is 7.20. The fourth-order valence-electron chi connectivity index (χ4n) is 5.87. The number of nitrogens with zero attached hydrogens (tertiary/aromatic N) is 2. The minimum absolute atomic E-state index is 0.0291. The summed E-state index contributed by atoms with van der Waals surface area (Å²) in [5.41, 5.74) is 5.36. The number of aryl methyl sites for hydroxylation is 2. The maximum Gasteiger partial charge on any atom is 0.244 e. The maximum atomic E-state index is 14.4. The van der Waals surface area contributed by atoms with E-state index in [0.717, 1.165) is 53.4 Å². The van der Waals surface area contributed by atoms with Crippen molar-refractivity contribution in [3.8, 4) is 0 Å². The van der Waals surface area contributed by atoms with Gasteiger partial charge in [-0.3, -0.25) is 9.78 Å². The van der Waals surface area contributed by atoms with Gasteiger partial charge in [-0.1, -0.05) is 54.6 Å². The summed E-state index contributed by atoms with van der Waals surface area (Å²) in [5.74, 6) is -0.714. The molecular formula is C33H32FN3O3S. The number of aromatic nitrogens is 1. The molecule has 210 valence electrons. The fraction of sp³-hybridized carbons (Fsp3) is 0.273. The van der Waals surface area contributed by atoms with Gasteiger partial charge in [0.05, 0.1) is 12.2 Å². The third-order valence-corrected chi connectivity index (χ3v) is 9.55. The van der Waals surface area contributed by atoms with Crippen LogP contribution in [-0.2, 0) is 27.8 Å². The maximum absolute atomic E-state index is 14.4. The Labute approximate surface area is 240 Å². The van der Waals surface area contributed by atoms with E-state index in [2.05, 4.69) is 21.8 Å². The average Bonchev–Trinajstić information content (AvgIpc) is 3.77. The smallest absolute Gasteiger partial charge is 0.244 e. The molecule has 0 aliphatic heterocycles. The van der Waals surface area contributed by atoms with Crippen molar-refractivity contribution in [1.29, 1.82) is 0 Å². The first-order chi connectivity index (χ1) is 19.8. The highest BCUT2D eigenvalue weighted by atomic mass is 32.2. The van der Waals surface area contributed by atoms with Crippen LogP contribution >= 0.6 is 0 Å². The molecule has 1 fully saturated rings. The van der Waals surface area contributed by atoms with E-state index in [0.29, 0.717) is 18.7 Å². The van der Waals surface area contributed by atoms with Gasteiger partial charge in [-0.15, -0.1) is 0 Å². The van der Waals surface area contributed by atoms with E-state index in [4.69, 9.17) is 0 Å². The SMILES string of the molecule is Cc1cccc(CN(C(=O)[C@H]2C[C@H]2c2ccccc2)c2ccc3c(c2)[C@H](NS(=O)(=O)c2ccccc2F)CCC3)n1. The summed E-state index contributed by atoms with van der Waals surface area (Å²) in [7, 11) is -4.09. The molecule has 2 aliphatic carbocycles. The van der Waals surface area contributed by atoms with Gasteiger partial charge in [-0.25, -0.2) is 17.5 Å². The molecule has 1 saturated carbocycles. The summed E-state index contributed by atoms with van der Waals surface area (Å²) in [6, 6.07) is 26.6. The van der Waals surface area contributed by atoms with E-state index in [1.54, 1.807) is 4.90 Å². The van der Waals surface area contributed by atoms with Crippen LogP contribution in [0, 0.1) is 18.7 Å². The van der Waals surface area contributed by atoms with Crippen LogP contribution in [0.25, 0.3) is 0 Å². The number of sulfonamides is 1. The Morgan fingerprint density at radius 2 is 1.78 bits per heavy atom. The second-order valence-corrected chi connectivity index (χ2v) is 12.6. The second-order valence-electron chi connectivity index (χ2n) is 10.9. The average molecular weight is 570 g/mol. The molecule has 3 aromatic carbocycles. The molecule has 1 N–H and O–H groups in total. The van der Waals surface area contributed by atoms with Crippen molar-refractivity contribution in [2.75, 3.05) is 4.90 Å². The number of fused-ring (bicyclic) bond motifs is 1. The van der Waals surface area contributed by atoms with E-state index in [-0.39, 0.29) is 22.6 Å². The molecule has 41 heavy (non-hydrogen) atoms. The Balaban J connectivity index is 1.33. The number of carbonyl (C=O) groups excluding carboxylic acids is 1. The molecule has 6 rings (SSSR count). The summed E-state index contributed by atoms with van der Waals surface area (Å²) in [5, 5.41) is 0. The van der Waals surface area contributed by atoms with Crippen molar-refractivity contribution in [2.45, 2.75) is 56.0 Å². The number of benzene rings is 3. The zero-order valence-corrected chi connectivity index (χ0v) is 23.6. The van der Waals surface area contributed by atoms with Crippen LogP contribution in [-0.4, -0.2) is 19.3 Å². The number of hydrogen-bond acceptors (Lipinski definition) is 4. The van der Waals surface area contributed by atoms with Crippen molar-refractivity contribution >= 4 is 21.6 Å². The summed E-state index contributed by atoms with van der Waals surface area (Å²) in [4.78, 5) is 20.1. The third kappa shape index (κ3) is 5.80. The minimum Gasteiger partial charge on any atom is -0.306 e. The Bertz CT molecular complexity index is 1690. The van der Waals surface area contributed by atoms with Crippen LogP contribution in [0.2, 0.25) is 0 Å². The number of pyridine rings is 1.